The van der Waals surface area contributed by atoms with E-state index in [1.807, 2.05) is 93.6 Å². The van der Waals surface area contributed by atoms with Crippen LogP contribution in [0.2, 0.25) is 0 Å². The molecule has 2 fully saturated rings. The van der Waals surface area contributed by atoms with Gasteiger partial charge >= 0.3 is 0 Å². The third-order valence-electron chi connectivity index (χ3n) is 9.45. The molecule has 1 unspecified atom stereocenters. The molecule has 2 aromatic rings. The minimum atomic E-state index is -1.31. The standard InChI is InChI=1S/C34H39N3O5/c1-4-33-15-8-17-35(22-25-11-6-5-7-12-25)30(39)27(33)28-31(40)37(19-10-20-38)29-32(41)36(18-9-16-34(28,29)42-33)26-21-23(2)13-14-24(26)3/h5-9,11-16,21,27-29,38H,4,10,17-20,22H2,1-3H3/t27-,28+,29?,33+,34+/m1/s1. The molecule has 5 atom stereocenters. The lowest BCUT2D eigenvalue weighted by atomic mass is 9.73. The number of rotatable bonds is 7. The van der Waals surface area contributed by atoms with Crippen LogP contribution < -0.4 is 4.90 Å². The number of likely N-dealkylation sites (tertiary alicyclic amines) is 1. The number of ether oxygens (including phenoxy) is 1. The van der Waals surface area contributed by atoms with Crippen molar-refractivity contribution in [2.45, 2.75) is 57.4 Å². The van der Waals surface area contributed by atoms with Crippen molar-refractivity contribution in [1.82, 2.24) is 9.80 Å². The van der Waals surface area contributed by atoms with Crippen molar-refractivity contribution in [1.29, 1.82) is 0 Å². The van der Waals surface area contributed by atoms with Crippen molar-refractivity contribution < 1.29 is 24.2 Å². The lowest BCUT2D eigenvalue weighted by Crippen LogP contribution is -2.56. The van der Waals surface area contributed by atoms with Gasteiger partial charge in [-0.2, -0.15) is 0 Å². The Labute approximate surface area is 247 Å². The SMILES string of the molecule is CC[C@]12C=CCN(Cc3ccccc3)C(=O)[C@H]1[C@H]1C(=O)N(CCCO)C3C(=O)N(c4cc(C)ccc4C)CC=C[C@@]31O2. The third-order valence-corrected chi connectivity index (χ3v) is 9.45. The van der Waals surface area contributed by atoms with Gasteiger partial charge in [-0.05, 0) is 49.4 Å². The summed E-state index contributed by atoms with van der Waals surface area (Å²) in [5.74, 6) is -2.29. The summed E-state index contributed by atoms with van der Waals surface area (Å²) in [5.41, 5.74) is 1.45. The van der Waals surface area contributed by atoms with Crippen LogP contribution in [0.4, 0.5) is 5.69 Å². The maximum absolute atomic E-state index is 14.6. The molecule has 42 heavy (non-hydrogen) atoms. The van der Waals surface area contributed by atoms with Crippen LogP contribution in [0.1, 0.15) is 36.5 Å². The molecule has 6 rings (SSSR count). The molecule has 0 aliphatic carbocycles. The van der Waals surface area contributed by atoms with E-state index in [4.69, 9.17) is 4.74 Å². The first kappa shape index (κ1) is 28.4. The number of aryl methyl sites for hydroxylation is 2. The minimum absolute atomic E-state index is 0.116. The highest BCUT2D eigenvalue weighted by molar-refractivity contribution is 6.06. The molecule has 8 heteroatoms. The number of nitrogens with zero attached hydrogens (tertiary/aromatic N) is 3. The summed E-state index contributed by atoms with van der Waals surface area (Å²) < 4.78 is 7.04. The number of amides is 3. The quantitative estimate of drug-likeness (QED) is 0.516. The Morgan fingerprint density at radius 1 is 0.929 bits per heavy atom. The molecule has 0 bridgehead atoms. The van der Waals surface area contributed by atoms with E-state index in [-0.39, 0.29) is 30.9 Å². The number of carbonyl (C=O) groups is 3. The smallest absolute Gasteiger partial charge is 0.253 e. The van der Waals surface area contributed by atoms with E-state index >= 15 is 0 Å². The van der Waals surface area contributed by atoms with Crippen LogP contribution in [-0.4, -0.2) is 76.1 Å². The van der Waals surface area contributed by atoms with E-state index in [0.717, 1.165) is 22.4 Å². The Kier molecular flexibility index (Phi) is 7.31. The number of anilines is 1. The molecule has 3 amide bonds. The van der Waals surface area contributed by atoms with Crippen molar-refractivity contribution >= 4 is 23.4 Å². The van der Waals surface area contributed by atoms with Gasteiger partial charge in [-0.15, -0.1) is 0 Å². The summed E-state index contributed by atoms with van der Waals surface area (Å²) in [6, 6.07) is 14.9. The molecule has 4 aliphatic heterocycles. The maximum Gasteiger partial charge on any atom is 0.253 e. The summed E-state index contributed by atoms with van der Waals surface area (Å²) in [4.78, 5) is 48.7. The molecule has 220 valence electrons. The summed E-state index contributed by atoms with van der Waals surface area (Å²) in [7, 11) is 0. The number of carbonyl (C=O) groups excluding carboxylic acids is 3. The first-order valence-corrected chi connectivity index (χ1v) is 14.9. The van der Waals surface area contributed by atoms with Crippen molar-refractivity contribution in [3.05, 3.63) is 89.5 Å². The van der Waals surface area contributed by atoms with Gasteiger partial charge in [0, 0.05) is 38.5 Å². The molecule has 2 aromatic carbocycles. The molecule has 0 aromatic heterocycles. The van der Waals surface area contributed by atoms with Crippen molar-refractivity contribution in [2.24, 2.45) is 11.8 Å². The highest BCUT2D eigenvalue weighted by Gasteiger charge is 2.75. The second kappa shape index (κ2) is 10.8. The van der Waals surface area contributed by atoms with Gasteiger partial charge in [0.2, 0.25) is 11.8 Å². The topological polar surface area (TPSA) is 90.4 Å². The van der Waals surface area contributed by atoms with Gasteiger partial charge in [-0.1, -0.05) is 73.7 Å². The van der Waals surface area contributed by atoms with Crippen LogP contribution in [0.3, 0.4) is 0 Å². The minimum Gasteiger partial charge on any atom is -0.396 e. The summed E-state index contributed by atoms with van der Waals surface area (Å²) >= 11 is 0. The first-order valence-electron chi connectivity index (χ1n) is 14.9. The van der Waals surface area contributed by atoms with Gasteiger partial charge in [-0.3, -0.25) is 14.4 Å². The average molecular weight is 570 g/mol. The van der Waals surface area contributed by atoms with Crippen LogP contribution >= 0.6 is 0 Å². The summed E-state index contributed by atoms with van der Waals surface area (Å²) in [6.07, 6.45) is 8.54. The molecule has 1 N–H and O–H groups in total. The predicted octanol–water partition coefficient (Wildman–Crippen LogP) is 3.55. The number of benzene rings is 2. The third kappa shape index (κ3) is 4.31. The fraction of sp³-hybridized carbons (Fsp3) is 0.441. The Balaban J connectivity index is 1.46. The molecule has 4 heterocycles. The van der Waals surface area contributed by atoms with E-state index < -0.39 is 29.1 Å². The van der Waals surface area contributed by atoms with Gasteiger partial charge in [0.1, 0.15) is 11.6 Å². The van der Waals surface area contributed by atoms with E-state index in [1.54, 1.807) is 14.7 Å². The maximum atomic E-state index is 14.6. The lowest BCUT2D eigenvalue weighted by molar-refractivity contribution is -0.150. The Hall–Kier alpha value is -3.75. The average Bonchev–Trinajstić information content (AvgIpc) is 3.28. The highest BCUT2D eigenvalue weighted by atomic mass is 16.5. The Morgan fingerprint density at radius 3 is 2.43 bits per heavy atom. The van der Waals surface area contributed by atoms with Crippen LogP contribution in [0, 0.1) is 25.7 Å². The highest BCUT2D eigenvalue weighted by Crippen LogP contribution is 2.58. The molecule has 0 saturated carbocycles. The molecule has 1 spiro atoms. The van der Waals surface area contributed by atoms with E-state index in [0.29, 0.717) is 32.5 Å². The van der Waals surface area contributed by atoms with Crippen LogP contribution in [0.15, 0.2) is 72.8 Å². The fourth-order valence-corrected chi connectivity index (χ4v) is 7.46. The molecular formula is C34H39N3O5. The normalized spacial score (nSPS) is 30.3. The summed E-state index contributed by atoms with van der Waals surface area (Å²) in [5, 5.41) is 9.70. The van der Waals surface area contributed by atoms with Crippen LogP contribution in [-0.2, 0) is 25.7 Å². The van der Waals surface area contributed by atoms with Crippen molar-refractivity contribution in [3.8, 4) is 0 Å². The second-order valence-corrected chi connectivity index (χ2v) is 12.0. The molecule has 4 aliphatic rings. The largest absolute Gasteiger partial charge is 0.396 e. The molecular weight excluding hydrogens is 530 g/mol. The summed E-state index contributed by atoms with van der Waals surface area (Å²) in [6.45, 7) is 7.18. The molecule has 0 radical (unpaired) electrons. The van der Waals surface area contributed by atoms with Crippen LogP contribution in [0.25, 0.3) is 0 Å². The zero-order chi connectivity index (χ0) is 29.6. The van der Waals surface area contributed by atoms with Gasteiger partial charge in [0.15, 0.2) is 0 Å². The number of hydrogen-bond acceptors (Lipinski definition) is 5. The monoisotopic (exact) mass is 569 g/mol. The van der Waals surface area contributed by atoms with Gasteiger partial charge < -0.3 is 24.5 Å². The predicted molar refractivity (Wildman–Crippen MR) is 159 cm³/mol. The molecule has 8 nitrogen and oxygen atoms in total. The van der Waals surface area contributed by atoms with Crippen molar-refractivity contribution in [2.75, 3.05) is 31.1 Å². The van der Waals surface area contributed by atoms with Crippen LogP contribution in [0.5, 0.6) is 0 Å². The zero-order valence-corrected chi connectivity index (χ0v) is 24.5. The number of aliphatic hydroxyl groups is 1. The first-order chi connectivity index (χ1) is 20.3. The zero-order valence-electron chi connectivity index (χ0n) is 24.5. The van der Waals surface area contributed by atoms with E-state index in [9.17, 15) is 19.5 Å². The van der Waals surface area contributed by atoms with Gasteiger partial charge in [0.05, 0.1) is 17.4 Å². The number of aliphatic hydroxyl groups excluding tert-OH is 1. The lowest BCUT2D eigenvalue weighted by Gasteiger charge is -2.38. The number of hydrogen-bond donors (Lipinski definition) is 1. The number of fused-ring (bicyclic) bond motifs is 2. The van der Waals surface area contributed by atoms with Gasteiger partial charge in [-0.25, -0.2) is 0 Å². The van der Waals surface area contributed by atoms with Crippen molar-refractivity contribution in [3.63, 3.8) is 0 Å². The Bertz CT molecular complexity index is 1450. The second-order valence-electron chi connectivity index (χ2n) is 12.0. The van der Waals surface area contributed by atoms with E-state index in [2.05, 4.69) is 0 Å². The molecule has 2 saturated heterocycles. The van der Waals surface area contributed by atoms with E-state index in [1.165, 1.54) is 0 Å². The van der Waals surface area contributed by atoms with Gasteiger partial charge in [0.25, 0.3) is 5.91 Å². The Morgan fingerprint density at radius 2 is 1.69 bits per heavy atom. The fourth-order valence-electron chi connectivity index (χ4n) is 7.46.